The summed E-state index contributed by atoms with van der Waals surface area (Å²) in [5.74, 6) is 1.17. The third-order valence-electron chi connectivity index (χ3n) is 3.77. The molecule has 3 atom stereocenters. The maximum absolute atomic E-state index is 9.36. The molecular formula is C15H19ClN2. The van der Waals surface area contributed by atoms with Crippen LogP contribution >= 0.6 is 11.6 Å². The Kier molecular flexibility index (Phi) is 4.49. The second-order valence-corrected chi connectivity index (χ2v) is 5.67. The van der Waals surface area contributed by atoms with Gasteiger partial charge >= 0.3 is 0 Å². The van der Waals surface area contributed by atoms with Gasteiger partial charge in [0.15, 0.2) is 0 Å². The molecule has 2 nitrogen and oxygen atoms in total. The Labute approximate surface area is 114 Å². The van der Waals surface area contributed by atoms with Crippen LogP contribution in [0.4, 0.5) is 5.69 Å². The molecule has 18 heavy (non-hydrogen) atoms. The Balaban J connectivity index is 2.06. The third-order valence-corrected chi connectivity index (χ3v) is 4.10. The van der Waals surface area contributed by atoms with E-state index >= 15 is 0 Å². The zero-order chi connectivity index (χ0) is 13.0. The van der Waals surface area contributed by atoms with Crippen LogP contribution in [0.1, 0.15) is 32.6 Å². The highest BCUT2D eigenvalue weighted by atomic mass is 35.5. The number of para-hydroxylation sites is 1. The molecule has 0 amide bonds. The summed E-state index contributed by atoms with van der Waals surface area (Å²) in [4.78, 5) is 0. The number of halogens is 1. The van der Waals surface area contributed by atoms with Crippen LogP contribution in [0.25, 0.3) is 0 Å². The molecule has 0 bridgehead atoms. The van der Waals surface area contributed by atoms with E-state index in [1.165, 1.54) is 12.8 Å². The largest absolute Gasteiger partial charge is 0.368 e. The Morgan fingerprint density at radius 3 is 2.83 bits per heavy atom. The molecule has 0 saturated heterocycles. The van der Waals surface area contributed by atoms with Crippen LogP contribution in [0.3, 0.4) is 0 Å². The summed E-state index contributed by atoms with van der Waals surface area (Å²) in [6.45, 7) is 2.27. The molecule has 96 valence electrons. The topological polar surface area (TPSA) is 35.8 Å². The van der Waals surface area contributed by atoms with Crippen molar-refractivity contribution >= 4 is 17.3 Å². The fraction of sp³-hybridized carbons (Fsp3) is 0.533. The molecule has 2 rings (SSSR count). The molecule has 0 aliphatic heterocycles. The van der Waals surface area contributed by atoms with Gasteiger partial charge in [0, 0.05) is 0 Å². The average Bonchev–Trinajstić information content (AvgIpc) is 2.38. The van der Waals surface area contributed by atoms with Crippen molar-refractivity contribution in [2.75, 3.05) is 5.32 Å². The minimum Gasteiger partial charge on any atom is -0.368 e. The molecule has 1 N–H and O–H groups in total. The lowest BCUT2D eigenvalue weighted by Crippen LogP contribution is -2.31. The van der Waals surface area contributed by atoms with Gasteiger partial charge < -0.3 is 5.32 Å². The smallest absolute Gasteiger partial charge is 0.117 e. The molecule has 0 heterocycles. The summed E-state index contributed by atoms with van der Waals surface area (Å²) in [6, 6.07) is 9.88. The van der Waals surface area contributed by atoms with Crippen LogP contribution < -0.4 is 5.32 Å². The highest BCUT2D eigenvalue weighted by Gasteiger charge is 2.26. The van der Waals surface area contributed by atoms with Crippen molar-refractivity contribution in [3.63, 3.8) is 0 Å². The molecule has 1 aromatic carbocycles. The van der Waals surface area contributed by atoms with E-state index < -0.39 is 0 Å². The fourth-order valence-corrected chi connectivity index (χ4v) is 2.98. The summed E-state index contributed by atoms with van der Waals surface area (Å²) >= 11 is 6.12. The minimum atomic E-state index is -0.132. The third kappa shape index (κ3) is 3.17. The first-order valence-corrected chi connectivity index (χ1v) is 6.99. The van der Waals surface area contributed by atoms with Crippen molar-refractivity contribution < 1.29 is 0 Å². The lowest BCUT2D eigenvalue weighted by molar-refractivity contribution is 0.274. The Morgan fingerprint density at radius 1 is 1.39 bits per heavy atom. The molecular weight excluding hydrogens is 244 g/mol. The molecule has 0 spiro atoms. The molecule has 1 aliphatic rings. The lowest BCUT2D eigenvalue weighted by Gasteiger charge is -2.30. The van der Waals surface area contributed by atoms with Crippen molar-refractivity contribution in [1.82, 2.24) is 0 Å². The maximum atomic E-state index is 9.36. The maximum Gasteiger partial charge on any atom is 0.117 e. The van der Waals surface area contributed by atoms with E-state index in [0.29, 0.717) is 10.9 Å². The number of nitrogens with one attached hydrogen (secondary N) is 1. The van der Waals surface area contributed by atoms with E-state index in [9.17, 15) is 5.26 Å². The number of anilines is 1. The van der Waals surface area contributed by atoms with Crippen molar-refractivity contribution in [3.05, 3.63) is 29.3 Å². The van der Waals surface area contributed by atoms with Crippen molar-refractivity contribution in [1.29, 1.82) is 5.26 Å². The number of hydrogen-bond donors (Lipinski definition) is 1. The molecule has 3 heteroatoms. The number of benzene rings is 1. The molecule has 1 saturated carbocycles. The minimum absolute atomic E-state index is 0.132. The number of nitrogens with zero attached hydrogens (tertiary/aromatic N) is 1. The first-order chi connectivity index (χ1) is 8.70. The monoisotopic (exact) mass is 262 g/mol. The van der Waals surface area contributed by atoms with Crippen LogP contribution in [-0.4, -0.2) is 6.04 Å². The number of nitriles is 1. The SMILES string of the molecule is CC1CCCC(C(C#N)Nc2ccccc2Cl)C1. The molecule has 0 aromatic heterocycles. The molecule has 1 fully saturated rings. The molecule has 1 aromatic rings. The van der Waals surface area contributed by atoms with Gasteiger partial charge in [-0.25, -0.2) is 0 Å². The van der Waals surface area contributed by atoms with Crippen LogP contribution in [0.2, 0.25) is 5.02 Å². The zero-order valence-electron chi connectivity index (χ0n) is 10.7. The van der Waals surface area contributed by atoms with Gasteiger partial charge in [-0.05, 0) is 36.8 Å². The highest BCUT2D eigenvalue weighted by molar-refractivity contribution is 6.33. The summed E-state index contributed by atoms with van der Waals surface area (Å²) in [5, 5.41) is 13.3. The summed E-state index contributed by atoms with van der Waals surface area (Å²) in [7, 11) is 0. The predicted molar refractivity (Wildman–Crippen MR) is 75.6 cm³/mol. The lowest BCUT2D eigenvalue weighted by atomic mass is 9.79. The molecule has 0 radical (unpaired) electrons. The zero-order valence-corrected chi connectivity index (χ0v) is 11.5. The number of hydrogen-bond acceptors (Lipinski definition) is 2. The van der Waals surface area contributed by atoms with Crippen molar-refractivity contribution in [2.45, 2.75) is 38.6 Å². The Bertz CT molecular complexity index is 438. The van der Waals surface area contributed by atoms with Gasteiger partial charge in [0.2, 0.25) is 0 Å². The van der Waals surface area contributed by atoms with E-state index in [1.54, 1.807) is 0 Å². The predicted octanol–water partition coefficient (Wildman–Crippen LogP) is 4.47. The standard InChI is InChI=1S/C15H19ClN2/c1-11-5-4-6-12(9-11)15(10-17)18-14-8-3-2-7-13(14)16/h2-3,7-8,11-12,15,18H,4-6,9H2,1H3. The second-order valence-electron chi connectivity index (χ2n) is 5.26. The fourth-order valence-electron chi connectivity index (χ4n) is 2.79. The van der Waals surface area contributed by atoms with E-state index in [-0.39, 0.29) is 6.04 Å². The average molecular weight is 263 g/mol. The van der Waals surface area contributed by atoms with E-state index in [0.717, 1.165) is 24.4 Å². The van der Waals surface area contributed by atoms with Gasteiger partial charge in [0.1, 0.15) is 6.04 Å². The van der Waals surface area contributed by atoms with Crippen LogP contribution in [0, 0.1) is 23.2 Å². The van der Waals surface area contributed by atoms with Gasteiger partial charge in [-0.3, -0.25) is 0 Å². The van der Waals surface area contributed by atoms with E-state index in [2.05, 4.69) is 18.3 Å². The van der Waals surface area contributed by atoms with Crippen molar-refractivity contribution in [3.8, 4) is 6.07 Å². The van der Waals surface area contributed by atoms with Crippen LogP contribution in [0.15, 0.2) is 24.3 Å². The van der Waals surface area contributed by atoms with Gasteiger partial charge in [-0.1, -0.05) is 43.5 Å². The Morgan fingerprint density at radius 2 is 2.17 bits per heavy atom. The van der Waals surface area contributed by atoms with E-state index in [1.807, 2.05) is 24.3 Å². The summed E-state index contributed by atoms with van der Waals surface area (Å²) in [5.41, 5.74) is 0.865. The van der Waals surface area contributed by atoms with Gasteiger partial charge in [0.25, 0.3) is 0 Å². The van der Waals surface area contributed by atoms with Crippen LogP contribution in [-0.2, 0) is 0 Å². The molecule has 1 aliphatic carbocycles. The van der Waals surface area contributed by atoms with Gasteiger partial charge in [-0.2, -0.15) is 5.26 Å². The summed E-state index contributed by atoms with van der Waals surface area (Å²) in [6.07, 6.45) is 4.80. The normalized spacial score (nSPS) is 25.2. The first kappa shape index (κ1) is 13.2. The van der Waals surface area contributed by atoms with Crippen LogP contribution in [0.5, 0.6) is 0 Å². The number of rotatable bonds is 3. The molecule has 3 unspecified atom stereocenters. The van der Waals surface area contributed by atoms with Crippen molar-refractivity contribution in [2.24, 2.45) is 11.8 Å². The summed E-state index contributed by atoms with van der Waals surface area (Å²) < 4.78 is 0. The quantitative estimate of drug-likeness (QED) is 0.872. The Hall–Kier alpha value is -1.20. The van der Waals surface area contributed by atoms with Gasteiger partial charge in [-0.15, -0.1) is 0 Å². The van der Waals surface area contributed by atoms with Gasteiger partial charge in [0.05, 0.1) is 16.8 Å². The van der Waals surface area contributed by atoms with E-state index in [4.69, 9.17) is 11.6 Å². The second kappa shape index (κ2) is 6.11. The first-order valence-electron chi connectivity index (χ1n) is 6.61. The highest BCUT2D eigenvalue weighted by Crippen LogP contribution is 2.32.